The van der Waals surface area contributed by atoms with Crippen molar-refractivity contribution in [1.29, 1.82) is 0 Å². The van der Waals surface area contributed by atoms with Crippen LogP contribution < -0.4 is 11.1 Å². The number of rotatable bonds is 5. The second-order valence-corrected chi connectivity index (χ2v) is 5.96. The number of anilines is 3. The maximum Gasteiger partial charge on any atom is 0.309 e. The summed E-state index contributed by atoms with van der Waals surface area (Å²) in [6, 6.07) is 7.77. The van der Waals surface area contributed by atoms with Gasteiger partial charge in [0.1, 0.15) is 0 Å². The molecule has 7 nitrogen and oxygen atoms in total. The Bertz CT molecular complexity index is 791. The van der Waals surface area contributed by atoms with E-state index in [1.807, 2.05) is 37.3 Å². The number of esters is 1. The molecule has 7 heteroatoms. The highest BCUT2D eigenvalue weighted by molar-refractivity contribution is 5.72. The number of aryl methyl sites for hydroxylation is 1. The molecule has 0 aliphatic heterocycles. The monoisotopic (exact) mass is 339 g/mol. The summed E-state index contributed by atoms with van der Waals surface area (Å²) in [5.41, 5.74) is 7.68. The fourth-order valence-electron chi connectivity index (χ4n) is 2.65. The van der Waals surface area contributed by atoms with Gasteiger partial charge < -0.3 is 15.8 Å². The van der Waals surface area contributed by atoms with Gasteiger partial charge in [-0.1, -0.05) is 30.4 Å². The molecule has 0 amide bonds. The summed E-state index contributed by atoms with van der Waals surface area (Å²) in [5.74, 6) is 0.417. The topological polar surface area (TPSA) is 103 Å². The van der Waals surface area contributed by atoms with Gasteiger partial charge >= 0.3 is 5.97 Å². The molecule has 1 aromatic carbocycles. The number of hydrogen-bond acceptors (Lipinski definition) is 7. The lowest BCUT2D eigenvalue weighted by Gasteiger charge is -2.16. The lowest BCUT2D eigenvalue weighted by molar-refractivity contribution is -0.150. The van der Waals surface area contributed by atoms with Gasteiger partial charge in [0.15, 0.2) is 12.4 Å². The molecule has 1 atom stereocenters. The van der Waals surface area contributed by atoms with Crippen molar-refractivity contribution in [2.75, 3.05) is 11.1 Å². The van der Waals surface area contributed by atoms with Gasteiger partial charge in [-0.25, -0.2) is 0 Å². The number of nitrogens with two attached hydrogens (primary N) is 1. The van der Waals surface area contributed by atoms with Crippen LogP contribution in [-0.4, -0.2) is 20.9 Å². The quantitative estimate of drug-likeness (QED) is 0.637. The van der Waals surface area contributed by atoms with Crippen LogP contribution in [0.4, 0.5) is 17.6 Å². The number of carbonyl (C=O) groups excluding carboxylic acids is 1. The Labute approximate surface area is 146 Å². The zero-order valence-electron chi connectivity index (χ0n) is 14.1. The molecule has 1 heterocycles. The van der Waals surface area contributed by atoms with Crippen molar-refractivity contribution in [3.8, 4) is 0 Å². The lowest BCUT2D eigenvalue weighted by Crippen LogP contribution is -2.19. The summed E-state index contributed by atoms with van der Waals surface area (Å²) in [7, 11) is 0. The van der Waals surface area contributed by atoms with E-state index in [1.165, 1.54) is 0 Å². The number of aromatic nitrogens is 3. The largest absolute Gasteiger partial charge is 0.457 e. The Morgan fingerprint density at radius 2 is 2.12 bits per heavy atom. The Hall–Kier alpha value is -2.96. The fourth-order valence-corrected chi connectivity index (χ4v) is 2.65. The van der Waals surface area contributed by atoms with Crippen LogP contribution in [0.25, 0.3) is 0 Å². The average molecular weight is 339 g/mol. The Morgan fingerprint density at radius 1 is 1.28 bits per heavy atom. The van der Waals surface area contributed by atoms with Crippen molar-refractivity contribution < 1.29 is 9.53 Å². The summed E-state index contributed by atoms with van der Waals surface area (Å²) in [5, 5.41) is 3.11. The van der Waals surface area contributed by atoms with Gasteiger partial charge in [0.05, 0.1) is 5.92 Å². The molecule has 0 bridgehead atoms. The maximum absolute atomic E-state index is 12.1. The third-order valence-corrected chi connectivity index (χ3v) is 4.04. The molecule has 0 saturated carbocycles. The Kier molecular flexibility index (Phi) is 5.23. The van der Waals surface area contributed by atoms with Crippen molar-refractivity contribution in [3.63, 3.8) is 0 Å². The molecule has 1 aliphatic rings. The van der Waals surface area contributed by atoms with Crippen molar-refractivity contribution in [2.24, 2.45) is 5.92 Å². The van der Waals surface area contributed by atoms with E-state index >= 15 is 0 Å². The number of allylic oxidation sites excluding steroid dienone is 2. The van der Waals surface area contributed by atoms with Crippen LogP contribution in [0.15, 0.2) is 36.4 Å². The highest BCUT2D eigenvalue weighted by Crippen LogP contribution is 2.20. The molecule has 0 saturated heterocycles. The van der Waals surface area contributed by atoms with E-state index in [0.29, 0.717) is 11.8 Å². The molecule has 25 heavy (non-hydrogen) atoms. The summed E-state index contributed by atoms with van der Waals surface area (Å²) in [4.78, 5) is 24.5. The van der Waals surface area contributed by atoms with Crippen LogP contribution in [0.5, 0.6) is 0 Å². The van der Waals surface area contributed by atoms with Crippen LogP contribution >= 0.6 is 0 Å². The SMILES string of the molecule is Cc1ccccc1Nc1nc(N)nc(COC(=O)C2CC=CCC2)n1. The van der Waals surface area contributed by atoms with Crippen LogP contribution in [0.1, 0.15) is 30.7 Å². The number of carbonyl (C=O) groups is 1. The minimum absolute atomic E-state index is 0.0196. The molecule has 0 spiro atoms. The first-order chi connectivity index (χ1) is 12.1. The summed E-state index contributed by atoms with van der Waals surface area (Å²) in [6.07, 6.45) is 6.54. The van der Waals surface area contributed by atoms with Crippen LogP contribution in [0.2, 0.25) is 0 Å². The van der Waals surface area contributed by atoms with E-state index in [4.69, 9.17) is 10.5 Å². The highest BCUT2D eigenvalue weighted by atomic mass is 16.5. The molecule has 130 valence electrons. The maximum atomic E-state index is 12.1. The first-order valence-electron chi connectivity index (χ1n) is 8.26. The van der Waals surface area contributed by atoms with Crippen LogP contribution in [0.3, 0.4) is 0 Å². The number of nitrogens with one attached hydrogen (secondary N) is 1. The number of benzene rings is 1. The normalized spacial score (nSPS) is 16.4. The van der Waals surface area contributed by atoms with Gasteiger partial charge in [-0.15, -0.1) is 0 Å². The highest BCUT2D eigenvalue weighted by Gasteiger charge is 2.20. The van der Waals surface area contributed by atoms with Gasteiger partial charge in [0, 0.05) is 5.69 Å². The second kappa shape index (κ2) is 7.74. The van der Waals surface area contributed by atoms with Crippen molar-refractivity contribution in [2.45, 2.75) is 32.8 Å². The number of para-hydroxylation sites is 1. The van der Waals surface area contributed by atoms with E-state index in [9.17, 15) is 4.79 Å². The molecule has 0 fully saturated rings. The third-order valence-electron chi connectivity index (χ3n) is 4.04. The fraction of sp³-hybridized carbons (Fsp3) is 0.333. The lowest BCUT2D eigenvalue weighted by atomic mass is 9.95. The van der Waals surface area contributed by atoms with E-state index in [1.54, 1.807) is 0 Å². The number of nitrogens with zero attached hydrogens (tertiary/aromatic N) is 3. The molecule has 0 radical (unpaired) electrons. The van der Waals surface area contributed by atoms with Gasteiger partial charge in [-0.3, -0.25) is 4.79 Å². The second-order valence-electron chi connectivity index (χ2n) is 5.96. The molecule has 3 rings (SSSR count). The summed E-state index contributed by atoms with van der Waals surface area (Å²) >= 11 is 0. The first kappa shape index (κ1) is 16.9. The minimum Gasteiger partial charge on any atom is -0.457 e. The Morgan fingerprint density at radius 3 is 2.88 bits per heavy atom. The summed E-state index contributed by atoms with van der Waals surface area (Å²) in [6.45, 7) is 1.96. The van der Waals surface area contributed by atoms with Crippen molar-refractivity contribution in [3.05, 3.63) is 47.8 Å². The van der Waals surface area contributed by atoms with Crippen LogP contribution in [0, 0.1) is 12.8 Å². The van der Waals surface area contributed by atoms with E-state index < -0.39 is 0 Å². The molecular weight excluding hydrogens is 318 g/mol. The molecule has 3 N–H and O–H groups in total. The standard InChI is InChI=1S/C18H21N5O2/c1-12-7-5-6-10-14(12)20-18-22-15(21-17(19)23-18)11-25-16(24)13-8-3-2-4-9-13/h2-3,5-7,10,13H,4,8-9,11H2,1H3,(H3,19,20,21,22,23). The van der Waals surface area contributed by atoms with Crippen molar-refractivity contribution in [1.82, 2.24) is 15.0 Å². The van der Waals surface area contributed by atoms with Crippen molar-refractivity contribution >= 4 is 23.6 Å². The van der Waals surface area contributed by atoms with Gasteiger partial charge in [0.25, 0.3) is 0 Å². The molecule has 1 aromatic heterocycles. The molecule has 1 aliphatic carbocycles. The van der Waals surface area contributed by atoms with Gasteiger partial charge in [-0.2, -0.15) is 15.0 Å². The zero-order chi connectivity index (χ0) is 17.6. The van der Waals surface area contributed by atoms with E-state index in [2.05, 4.69) is 26.3 Å². The average Bonchev–Trinajstić information content (AvgIpc) is 2.62. The van der Waals surface area contributed by atoms with Gasteiger partial charge in [0.2, 0.25) is 11.9 Å². The van der Waals surface area contributed by atoms with E-state index in [-0.39, 0.29) is 24.4 Å². The number of ether oxygens (including phenoxy) is 1. The smallest absolute Gasteiger partial charge is 0.309 e. The van der Waals surface area contributed by atoms with Gasteiger partial charge in [-0.05, 0) is 37.8 Å². The summed E-state index contributed by atoms with van der Waals surface area (Å²) < 4.78 is 5.34. The Balaban J connectivity index is 1.66. The first-order valence-corrected chi connectivity index (χ1v) is 8.26. The zero-order valence-corrected chi connectivity index (χ0v) is 14.1. The van der Waals surface area contributed by atoms with Crippen LogP contribution in [-0.2, 0) is 16.1 Å². The third kappa shape index (κ3) is 4.53. The van der Waals surface area contributed by atoms with E-state index in [0.717, 1.165) is 30.5 Å². The minimum atomic E-state index is -0.225. The molecule has 1 unspecified atom stereocenters. The number of nitrogen functional groups attached to an aromatic ring is 1. The predicted octanol–water partition coefficient (Wildman–Crippen LogP) is 2.91. The number of hydrogen-bond donors (Lipinski definition) is 2. The molecular formula is C18H21N5O2. The molecule has 2 aromatic rings. The predicted molar refractivity (Wildman–Crippen MR) is 95.0 cm³/mol.